The van der Waals surface area contributed by atoms with Crippen molar-refractivity contribution in [1.82, 2.24) is 4.98 Å². The molecule has 0 saturated carbocycles. The molecule has 0 spiro atoms. The maximum absolute atomic E-state index is 12.2. The van der Waals surface area contributed by atoms with Gasteiger partial charge < -0.3 is 13.9 Å². The number of hydrogen-bond donors (Lipinski definition) is 0. The van der Waals surface area contributed by atoms with Gasteiger partial charge >= 0.3 is 0 Å². The lowest BCUT2D eigenvalue weighted by atomic mass is 9.92. The number of rotatable bonds is 2. The number of aryl methyl sites for hydroxylation is 1. The Morgan fingerprint density at radius 3 is 2.43 bits per heavy atom. The highest BCUT2D eigenvalue weighted by molar-refractivity contribution is 6.19. The third kappa shape index (κ3) is 2.60. The highest BCUT2D eigenvalue weighted by Gasteiger charge is 2.51. The van der Waals surface area contributed by atoms with Gasteiger partial charge in [-0.1, -0.05) is 12.1 Å². The summed E-state index contributed by atoms with van der Waals surface area (Å²) in [4.78, 5) is 29.1. The summed E-state index contributed by atoms with van der Waals surface area (Å²) in [5, 5.41) is 1.90. The number of nitrogens with zero attached hydrogens (tertiary/aromatic N) is 1. The van der Waals surface area contributed by atoms with Gasteiger partial charge in [0.05, 0.1) is 5.69 Å². The van der Waals surface area contributed by atoms with Crippen LogP contribution in [0.5, 0.6) is 0 Å². The molecule has 6 heteroatoms. The molecule has 142 valence electrons. The molecule has 1 saturated heterocycles. The first-order valence-electron chi connectivity index (χ1n) is 9.24. The van der Waals surface area contributed by atoms with Crippen molar-refractivity contribution in [2.45, 2.75) is 38.8 Å². The molecular weight excluding hydrogens is 358 g/mol. The van der Waals surface area contributed by atoms with Crippen LogP contribution in [0.1, 0.15) is 31.2 Å². The first kappa shape index (κ1) is 17.3. The topological polar surface area (TPSA) is 78.6 Å². The quantitative estimate of drug-likeness (QED) is 0.632. The Morgan fingerprint density at radius 1 is 0.964 bits per heavy atom. The summed E-state index contributed by atoms with van der Waals surface area (Å²) < 4.78 is 17.9. The molecule has 0 radical (unpaired) electrons. The van der Waals surface area contributed by atoms with E-state index in [1.807, 2.05) is 37.3 Å². The van der Waals surface area contributed by atoms with E-state index < -0.39 is 23.9 Å². The van der Waals surface area contributed by atoms with Gasteiger partial charge in [0.25, 0.3) is 0 Å². The van der Waals surface area contributed by atoms with Gasteiger partial charge in [-0.2, -0.15) is 0 Å². The fourth-order valence-corrected chi connectivity index (χ4v) is 4.03. The molecule has 2 atom stereocenters. The Hall–Kier alpha value is -2.83. The fourth-order valence-electron chi connectivity index (χ4n) is 4.03. The zero-order valence-electron chi connectivity index (χ0n) is 15.8. The molecule has 0 unspecified atom stereocenters. The molecule has 1 aromatic carbocycles. The summed E-state index contributed by atoms with van der Waals surface area (Å²) >= 11 is 0. The number of carbonyl (C=O) groups excluding carboxylic acids is 2. The van der Waals surface area contributed by atoms with Crippen LogP contribution in [0.4, 0.5) is 0 Å². The minimum atomic E-state index is -0.930. The van der Waals surface area contributed by atoms with Crippen molar-refractivity contribution >= 4 is 33.6 Å². The number of fused-ring (bicyclic) bond motifs is 3. The Labute approximate surface area is 161 Å². The molecular formula is C22H19NO5. The highest BCUT2D eigenvalue weighted by atomic mass is 16.8. The smallest absolute Gasteiger partial charge is 0.227 e. The Kier molecular flexibility index (Phi) is 3.60. The summed E-state index contributed by atoms with van der Waals surface area (Å²) in [5.41, 5.74) is 2.94. The van der Waals surface area contributed by atoms with E-state index in [-0.39, 0.29) is 11.6 Å². The first-order valence-corrected chi connectivity index (χ1v) is 9.24. The average Bonchev–Trinajstić information content (AvgIpc) is 3.26. The van der Waals surface area contributed by atoms with Gasteiger partial charge in [-0.05, 0) is 56.7 Å². The van der Waals surface area contributed by atoms with Gasteiger partial charge in [-0.3, -0.25) is 9.59 Å². The predicted molar refractivity (Wildman–Crippen MR) is 102 cm³/mol. The van der Waals surface area contributed by atoms with Crippen LogP contribution in [0.25, 0.3) is 22.1 Å². The summed E-state index contributed by atoms with van der Waals surface area (Å²) in [5.74, 6) is -2.36. The molecule has 28 heavy (non-hydrogen) atoms. The van der Waals surface area contributed by atoms with Gasteiger partial charge in [-0.25, -0.2) is 4.98 Å². The lowest BCUT2D eigenvalue weighted by Crippen LogP contribution is -2.35. The molecule has 0 amide bonds. The first-order chi connectivity index (χ1) is 13.3. The van der Waals surface area contributed by atoms with Crippen molar-refractivity contribution in [1.29, 1.82) is 0 Å². The van der Waals surface area contributed by atoms with Gasteiger partial charge in [-0.15, -0.1) is 0 Å². The van der Waals surface area contributed by atoms with Crippen molar-refractivity contribution < 1.29 is 23.5 Å². The molecule has 2 aliphatic rings. The van der Waals surface area contributed by atoms with Crippen LogP contribution in [0.3, 0.4) is 0 Å². The molecule has 2 aromatic heterocycles. The summed E-state index contributed by atoms with van der Waals surface area (Å²) in [6.07, 6.45) is 1.22. The number of ketones is 2. The molecule has 1 fully saturated rings. The van der Waals surface area contributed by atoms with Crippen LogP contribution in [-0.4, -0.2) is 28.4 Å². The second-order valence-electron chi connectivity index (χ2n) is 7.83. The lowest BCUT2D eigenvalue weighted by Gasteiger charge is -2.20. The minimum absolute atomic E-state index is 0.262. The van der Waals surface area contributed by atoms with E-state index in [0.29, 0.717) is 11.4 Å². The van der Waals surface area contributed by atoms with Crippen LogP contribution in [0.2, 0.25) is 0 Å². The number of furan rings is 1. The Balaban J connectivity index is 1.59. The van der Waals surface area contributed by atoms with E-state index in [2.05, 4.69) is 4.98 Å². The van der Waals surface area contributed by atoms with Crippen molar-refractivity contribution in [3.05, 3.63) is 53.7 Å². The second-order valence-corrected chi connectivity index (χ2v) is 7.83. The second kappa shape index (κ2) is 5.83. The molecule has 0 bridgehead atoms. The van der Waals surface area contributed by atoms with Crippen molar-refractivity contribution in [3.63, 3.8) is 0 Å². The van der Waals surface area contributed by atoms with E-state index >= 15 is 0 Å². The van der Waals surface area contributed by atoms with Crippen molar-refractivity contribution in [3.8, 4) is 0 Å². The SMILES string of the molecule is Cc1ccc2c(c1)oc1nc([C@H]3OC(C)(C)O[C@@H]3C3C(=O)C=CC3=O)ccc12. The predicted octanol–water partition coefficient (Wildman–Crippen LogP) is 3.81. The number of benzene rings is 1. The number of hydrogen-bond acceptors (Lipinski definition) is 6. The molecule has 5 rings (SSSR count). The van der Waals surface area contributed by atoms with Gasteiger partial charge in [0.2, 0.25) is 5.71 Å². The van der Waals surface area contributed by atoms with E-state index in [1.165, 1.54) is 12.2 Å². The molecule has 1 aliphatic heterocycles. The standard InChI is InChI=1S/C22H19NO5/c1-11-4-5-12-13-6-7-14(23-21(13)26-17(12)10-11)19-20(28-22(2,3)27-19)18-15(24)8-9-16(18)25/h4-10,18-20H,1-3H3/t19-,20-/m1/s1. The fraction of sp³-hybridized carbons (Fsp3) is 0.318. The van der Waals surface area contributed by atoms with Crippen molar-refractivity contribution in [2.75, 3.05) is 0 Å². The summed E-state index contributed by atoms with van der Waals surface area (Å²) in [6, 6.07) is 9.79. The number of ether oxygens (including phenoxy) is 2. The maximum atomic E-state index is 12.2. The Bertz CT molecular complexity index is 1150. The number of pyridine rings is 1. The zero-order valence-corrected chi connectivity index (χ0v) is 15.8. The third-order valence-corrected chi connectivity index (χ3v) is 5.29. The maximum Gasteiger partial charge on any atom is 0.227 e. The monoisotopic (exact) mass is 377 g/mol. The van der Waals surface area contributed by atoms with Crippen LogP contribution >= 0.6 is 0 Å². The molecule has 6 nitrogen and oxygen atoms in total. The lowest BCUT2D eigenvalue weighted by molar-refractivity contribution is -0.154. The number of allylic oxidation sites excluding steroid dienone is 2. The van der Waals surface area contributed by atoms with Gasteiger partial charge in [0.1, 0.15) is 23.7 Å². The van der Waals surface area contributed by atoms with Crippen LogP contribution in [0.15, 0.2) is 46.9 Å². The van der Waals surface area contributed by atoms with Gasteiger partial charge in [0.15, 0.2) is 17.4 Å². The van der Waals surface area contributed by atoms with E-state index in [0.717, 1.165) is 21.9 Å². The minimum Gasteiger partial charge on any atom is -0.438 e. The van der Waals surface area contributed by atoms with Gasteiger partial charge in [0, 0.05) is 10.8 Å². The summed E-state index contributed by atoms with van der Waals surface area (Å²) in [6.45, 7) is 5.53. The molecule has 3 aromatic rings. The number of carbonyl (C=O) groups is 2. The van der Waals surface area contributed by atoms with Crippen LogP contribution in [-0.2, 0) is 19.1 Å². The van der Waals surface area contributed by atoms with E-state index in [1.54, 1.807) is 13.8 Å². The van der Waals surface area contributed by atoms with Crippen LogP contribution in [0, 0.1) is 12.8 Å². The van der Waals surface area contributed by atoms with Crippen LogP contribution < -0.4 is 0 Å². The summed E-state index contributed by atoms with van der Waals surface area (Å²) in [7, 11) is 0. The normalized spacial score (nSPS) is 24.8. The Morgan fingerprint density at radius 2 is 1.68 bits per heavy atom. The molecule has 3 heterocycles. The molecule has 1 aliphatic carbocycles. The highest BCUT2D eigenvalue weighted by Crippen LogP contribution is 2.43. The molecule has 0 N–H and O–H groups in total. The van der Waals surface area contributed by atoms with E-state index in [4.69, 9.17) is 13.9 Å². The largest absolute Gasteiger partial charge is 0.438 e. The number of aromatic nitrogens is 1. The van der Waals surface area contributed by atoms with Crippen molar-refractivity contribution in [2.24, 2.45) is 5.92 Å². The van der Waals surface area contributed by atoms with E-state index in [9.17, 15) is 9.59 Å². The average molecular weight is 377 g/mol. The third-order valence-electron chi connectivity index (χ3n) is 5.29. The zero-order chi connectivity index (χ0) is 19.6.